The SMILES string of the molecule is C[C@@H](NC(=O)OC(C)(C)C)C(CN1C(=O)c2ccccc2C1=O)CC(C)(C)CCNC(=O)OC(C)(C)C. The van der Waals surface area contributed by atoms with Crippen molar-refractivity contribution in [1.82, 2.24) is 15.5 Å². The smallest absolute Gasteiger partial charge is 0.407 e. The van der Waals surface area contributed by atoms with Crippen LogP contribution in [-0.2, 0) is 9.47 Å². The van der Waals surface area contributed by atoms with Gasteiger partial charge in [0.15, 0.2) is 0 Å². The minimum absolute atomic E-state index is 0.145. The van der Waals surface area contributed by atoms with E-state index in [1.807, 2.05) is 6.92 Å². The summed E-state index contributed by atoms with van der Waals surface area (Å²) >= 11 is 0. The summed E-state index contributed by atoms with van der Waals surface area (Å²) in [6, 6.07) is 6.38. The number of carbonyl (C=O) groups excluding carboxylic acids is 4. The van der Waals surface area contributed by atoms with Gasteiger partial charge in [0, 0.05) is 19.1 Å². The fourth-order valence-electron chi connectivity index (χ4n) is 4.28. The van der Waals surface area contributed by atoms with Gasteiger partial charge >= 0.3 is 12.2 Å². The molecule has 206 valence electrons. The van der Waals surface area contributed by atoms with Gasteiger partial charge in [-0.25, -0.2) is 9.59 Å². The molecule has 1 aliphatic heterocycles. The molecule has 4 amide bonds. The van der Waals surface area contributed by atoms with Gasteiger partial charge in [0.2, 0.25) is 0 Å². The van der Waals surface area contributed by atoms with Gasteiger partial charge in [-0.2, -0.15) is 0 Å². The average Bonchev–Trinajstić information content (AvgIpc) is 2.95. The molecule has 2 atom stereocenters. The minimum Gasteiger partial charge on any atom is -0.444 e. The topological polar surface area (TPSA) is 114 Å². The van der Waals surface area contributed by atoms with Gasteiger partial charge in [-0.05, 0) is 84.8 Å². The highest BCUT2D eigenvalue weighted by atomic mass is 16.6. The highest BCUT2D eigenvalue weighted by Gasteiger charge is 2.39. The molecule has 1 heterocycles. The van der Waals surface area contributed by atoms with Crippen LogP contribution in [0.15, 0.2) is 24.3 Å². The standard InChI is InChI=1S/C28H43N3O6/c1-18(30-25(35)37-27(5,6)7)19(16-28(8,9)14-15-29-24(34)36-26(2,3)4)17-31-22(32)20-12-10-11-13-21(20)23(31)33/h10-13,18-19H,14-17H2,1-9H3,(H,29,34)(H,30,35)/t18-,19?/m1/s1. The second kappa shape index (κ2) is 11.5. The maximum Gasteiger partial charge on any atom is 0.407 e. The lowest BCUT2D eigenvalue weighted by atomic mass is 9.77. The second-order valence-electron chi connectivity index (χ2n) is 12.5. The molecule has 0 spiro atoms. The first-order valence-corrected chi connectivity index (χ1v) is 12.8. The first-order chi connectivity index (χ1) is 16.9. The zero-order valence-corrected chi connectivity index (χ0v) is 23.7. The quantitative estimate of drug-likeness (QED) is 0.438. The second-order valence-corrected chi connectivity index (χ2v) is 12.5. The van der Waals surface area contributed by atoms with E-state index >= 15 is 0 Å². The number of benzene rings is 1. The number of nitrogens with one attached hydrogen (secondary N) is 2. The van der Waals surface area contributed by atoms with E-state index in [9.17, 15) is 19.2 Å². The predicted molar refractivity (Wildman–Crippen MR) is 141 cm³/mol. The monoisotopic (exact) mass is 517 g/mol. The van der Waals surface area contributed by atoms with E-state index in [2.05, 4.69) is 24.5 Å². The molecule has 0 fully saturated rings. The van der Waals surface area contributed by atoms with Crippen LogP contribution in [0.25, 0.3) is 0 Å². The number of nitrogens with zero attached hydrogens (tertiary/aromatic N) is 1. The van der Waals surface area contributed by atoms with E-state index in [1.165, 1.54) is 4.90 Å². The number of fused-ring (bicyclic) bond motifs is 1. The van der Waals surface area contributed by atoms with Crippen molar-refractivity contribution in [1.29, 1.82) is 0 Å². The molecular formula is C28H43N3O6. The third-order valence-corrected chi connectivity index (χ3v) is 6.03. The molecule has 0 saturated heterocycles. The van der Waals surface area contributed by atoms with Crippen LogP contribution >= 0.6 is 0 Å². The van der Waals surface area contributed by atoms with Gasteiger partial charge in [-0.1, -0.05) is 26.0 Å². The largest absolute Gasteiger partial charge is 0.444 e. The summed E-state index contributed by atoms with van der Waals surface area (Å²) in [6.45, 7) is 17.3. The van der Waals surface area contributed by atoms with Crippen LogP contribution in [0.2, 0.25) is 0 Å². The van der Waals surface area contributed by atoms with Crippen molar-refractivity contribution < 1.29 is 28.7 Å². The van der Waals surface area contributed by atoms with Crippen LogP contribution < -0.4 is 10.6 Å². The van der Waals surface area contributed by atoms with Crippen molar-refractivity contribution in [3.05, 3.63) is 35.4 Å². The first kappa shape index (κ1) is 30.1. The molecule has 1 aromatic carbocycles. The van der Waals surface area contributed by atoms with Gasteiger partial charge in [0.1, 0.15) is 11.2 Å². The number of hydrogen-bond donors (Lipinski definition) is 2. The van der Waals surface area contributed by atoms with Crippen molar-refractivity contribution in [2.45, 2.75) is 92.4 Å². The lowest BCUT2D eigenvalue weighted by Gasteiger charge is -2.35. The van der Waals surface area contributed by atoms with Crippen LogP contribution in [0.5, 0.6) is 0 Å². The van der Waals surface area contributed by atoms with Gasteiger partial charge in [-0.3, -0.25) is 14.5 Å². The Labute approximate surface area is 220 Å². The molecule has 9 nitrogen and oxygen atoms in total. The molecule has 0 aliphatic carbocycles. The average molecular weight is 518 g/mol. The summed E-state index contributed by atoms with van der Waals surface area (Å²) in [6.07, 6.45) is 0.166. The molecular weight excluding hydrogens is 474 g/mol. The predicted octanol–water partition coefficient (Wildman–Crippen LogP) is 5.14. The maximum atomic E-state index is 13.0. The third-order valence-electron chi connectivity index (χ3n) is 6.03. The molecule has 1 aromatic rings. The maximum absolute atomic E-state index is 13.0. The zero-order valence-electron chi connectivity index (χ0n) is 23.7. The van der Waals surface area contributed by atoms with Crippen LogP contribution in [0.3, 0.4) is 0 Å². The number of amides is 4. The van der Waals surface area contributed by atoms with E-state index in [4.69, 9.17) is 9.47 Å². The molecule has 0 radical (unpaired) electrons. The zero-order chi connectivity index (χ0) is 28.2. The van der Waals surface area contributed by atoms with Gasteiger partial charge in [0.25, 0.3) is 11.8 Å². The first-order valence-electron chi connectivity index (χ1n) is 12.8. The normalized spacial score (nSPS) is 15.6. The van der Waals surface area contributed by atoms with E-state index in [-0.39, 0.29) is 29.7 Å². The van der Waals surface area contributed by atoms with Crippen molar-refractivity contribution >= 4 is 24.0 Å². The Bertz CT molecular complexity index is 971. The van der Waals surface area contributed by atoms with E-state index in [0.717, 1.165) is 0 Å². The summed E-state index contributed by atoms with van der Waals surface area (Å²) < 4.78 is 10.7. The molecule has 9 heteroatoms. The van der Waals surface area contributed by atoms with Crippen LogP contribution in [0.4, 0.5) is 9.59 Å². The Morgan fingerprint density at radius 1 is 0.865 bits per heavy atom. The minimum atomic E-state index is -0.658. The molecule has 2 N–H and O–H groups in total. The highest BCUT2D eigenvalue weighted by molar-refractivity contribution is 6.21. The van der Waals surface area contributed by atoms with Crippen LogP contribution in [-0.4, -0.2) is 59.2 Å². The Morgan fingerprint density at radius 2 is 1.35 bits per heavy atom. The van der Waals surface area contributed by atoms with E-state index in [0.29, 0.717) is 30.5 Å². The summed E-state index contributed by atoms with van der Waals surface area (Å²) in [5.74, 6) is -0.926. The number of rotatable bonds is 9. The van der Waals surface area contributed by atoms with Crippen molar-refractivity contribution in [2.75, 3.05) is 13.1 Å². The van der Waals surface area contributed by atoms with Gasteiger partial charge in [-0.15, -0.1) is 0 Å². The summed E-state index contributed by atoms with van der Waals surface area (Å²) in [5.41, 5.74) is -0.754. The molecule has 0 aromatic heterocycles. The Balaban J connectivity index is 2.14. The number of imide groups is 1. The van der Waals surface area contributed by atoms with Crippen molar-refractivity contribution in [2.24, 2.45) is 11.3 Å². The van der Waals surface area contributed by atoms with Crippen molar-refractivity contribution in [3.8, 4) is 0 Å². The Hall–Kier alpha value is -3.10. The fourth-order valence-corrected chi connectivity index (χ4v) is 4.28. The number of hydrogen-bond acceptors (Lipinski definition) is 6. The van der Waals surface area contributed by atoms with Gasteiger partial charge < -0.3 is 20.1 Å². The van der Waals surface area contributed by atoms with Crippen LogP contribution in [0.1, 0.15) is 95.9 Å². The Morgan fingerprint density at radius 3 is 1.84 bits per heavy atom. The van der Waals surface area contributed by atoms with E-state index < -0.39 is 29.4 Å². The highest BCUT2D eigenvalue weighted by Crippen LogP contribution is 2.33. The lowest BCUT2D eigenvalue weighted by molar-refractivity contribution is 0.0447. The molecule has 37 heavy (non-hydrogen) atoms. The van der Waals surface area contributed by atoms with Gasteiger partial charge in [0.05, 0.1) is 11.1 Å². The number of carbonyl (C=O) groups is 4. The summed E-state index contributed by atoms with van der Waals surface area (Å²) in [4.78, 5) is 51.9. The third kappa shape index (κ3) is 9.37. The number of alkyl carbamates (subject to hydrolysis) is 2. The lowest BCUT2D eigenvalue weighted by Crippen LogP contribution is -2.47. The summed E-state index contributed by atoms with van der Waals surface area (Å²) in [7, 11) is 0. The summed E-state index contributed by atoms with van der Waals surface area (Å²) in [5, 5.41) is 5.67. The molecule has 1 aliphatic rings. The molecule has 2 rings (SSSR count). The molecule has 0 saturated carbocycles. The van der Waals surface area contributed by atoms with Crippen LogP contribution in [0, 0.1) is 11.3 Å². The Kier molecular flexibility index (Phi) is 9.38. The van der Waals surface area contributed by atoms with Crippen molar-refractivity contribution in [3.63, 3.8) is 0 Å². The molecule has 0 bridgehead atoms. The van der Waals surface area contributed by atoms with E-state index in [1.54, 1.807) is 65.8 Å². The number of ether oxygens (including phenoxy) is 2. The molecule has 1 unspecified atom stereocenters. The fraction of sp³-hybridized carbons (Fsp3) is 0.643.